The second-order valence-electron chi connectivity index (χ2n) is 9.01. The van der Waals surface area contributed by atoms with Gasteiger partial charge in [-0.2, -0.15) is 5.10 Å². The van der Waals surface area contributed by atoms with E-state index in [1.165, 1.54) is 4.68 Å². The number of hydrogen-bond acceptors (Lipinski definition) is 6. The minimum absolute atomic E-state index is 0.00284. The third kappa shape index (κ3) is 3.90. The Morgan fingerprint density at radius 3 is 2.69 bits per heavy atom. The Hall–Kier alpha value is -2.81. The molecule has 32 heavy (non-hydrogen) atoms. The molecule has 9 heteroatoms. The maximum Gasteiger partial charge on any atom is 0.345 e. The van der Waals surface area contributed by atoms with Crippen LogP contribution >= 0.6 is 0 Å². The van der Waals surface area contributed by atoms with Crippen molar-refractivity contribution >= 4 is 5.91 Å². The summed E-state index contributed by atoms with van der Waals surface area (Å²) in [7, 11) is 1.62. The molecule has 1 amide bonds. The summed E-state index contributed by atoms with van der Waals surface area (Å²) in [4.78, 5) is 27.6. The van der Waals surface area contributed by atoms with Crippen molar-refractivity contribution in [1.82, 2.24) is 19.2 Å². The highest BCUT2D eigenvalue weighted by atomic mass is 16.6. The lowest BCUT2D eigenvalue weighted by molar-refractivity contribution is -0.143. The summed E-state index contributed by atoms with van der Waals surface area (Å²) in [6.07, 6.45) is 4.00. The number of para-hydroxylation sites is 2. The lowest BCUT2D eigenvalue weighted by Crippen LogP contribution is -2.51. The third-order valence-electron chi connectivity index (χ3n) is 7.17. The first-order chi connectivity index (χ1) is 15.6. The quantitative estimate of drug-likeness (QED) is 0.713. The molecule has 9 nitrogen and oxygen atoms in total. The zero-order chi connectivity index (χ0) is 22.1. The molecular weight excluding hydrogens is 412 g/mol. The topological polar surface area (TPSA) is 87.8 Å². The molecule has 3 aliphatic heterocycles. The number of piperidine rings is 1. The molecule has 1 unspecified atom stereocenters. The SMILES string of the molecule is COCCn1nc2n(c1=O)CCC1(CC2)CCN(C(=O)C2COc3ccccc3O2)CC1. The van der Waals surface area contributed by atoms with Gasteiger partial charge in [-0.25, -0.2) is 9.48 Å². The van der Waals surface area contributed by atoms with E-state index >= 15 is 0 Å². The highest BCUT2D eigenvalue weighted by Gasteiger charge is 2.40. The van der Waals surface area contributed by atoms with Crippen molar-refractivity contribution in [3.05, 3.63) is 40.6 Å². The van der Waals surface area contributed by atoms with Crippen molar-refractivity contribution in [2.45, 2.75) is 51.3 Å². The maximum atomic E-state index is 13.1. The van der Waals surface area contributed by atoms with Crippen LogP contribution in [-0.2, 0) is 29.0 Å². The molecule has 5 rings (SSSR count). The average Bonchev–Trinajstić information content (AvgIpc) is 3.02. The summed E-state index contributed by atoms with van der Waals surface area (Å²) in [5.74, 6) is 2.18. The highest BCUT2D eigenvalue weighted by Crippen LogP contribution is 2.41. The smallest absolute Gasteiger partial charge is 0.345 e. The van der Waals surface area contributed by atoms with Crippen molar-refractivity contribution in [1.29, 1.82) is 0 Å². The molecule has 4 heterocycles. The Morgan fingerprint density at radius 2 is 1.91 bits per heavy atom. The van der Waals surface area contributed by atoms with Gasteiger partial charge in [0, 0.05) is 33.2 Å². The van der Waals surface area contributed by atoms with Crippen molar-refractivity contribution in [3.8, 4) is 11.5 Å². The monoisotopic (exact) mass is 442 g/mol. The zero-order valence-electron chi connectivity index (χ0n) is 18.5. The minimum atomic E-state index is -0.594. The Kier molecular flexibility index (Phi) is 5.67. The van der Waals surface area contributed by atoms with Crippen molar-refractivity contribution in [2.24, 2.45) is 5.41 Å². The second kappa shape index (κ2) is 8.61. The first-order valence-electron chi connectivity index (χ1n) is 11.4. The van der Waals surface area contributed by atoms with Gasteiger partial charge in [-0.15, -0.1) is 0 Å². The Morgan fingerprint density at radius 1 is 1.16 bits per heavy atom. The van der Waals surface area contributed by atoms with Gasteiger partial charge in [0.1, 0.15) is 12.4 Å². The van der Waals surface area contributed by atoms with E-state index < -0.39 is 6.10 Å². The van der Waals surface area contributed by atoms with Crippen LogP contribution in [0.25, 0.3) is 0 Å². The van der Waals surface area contributed by atoms with Crippen LogP contribution in [0.15, 0.2) is 29.1 Å². The zero-order valence-corrected chi connectivity index (χ0v) is 18.5. The first-order valence-corrected chi connectivity index (χ1v) is 11.4. The fourth-order valence-electron chi connectivity index (χ4n) is 5.12. The van der Waals surface area contributed by atoms with Gasteiger partial charge in [0.15, 0.2) is 11.5 Å². The fourth-order valence-corrected chi connectivity index (χ4v) is 5.12. The van der Waals surface area contributed by atoms with Gasteiger partial charge in [0.2, 0.25) is 6.10 Å². The van der Waals surface area contributed by atoms with Crippen LogP contribution in [0.4, 0.5) is 0 Å². The Balaban J connectivity index is 1.19. The summed E-state index contributed by atoms with van der Waals surface area (Å²) in [5, 5.41) is 4.54. The molecule has 1 atom stereocenters. The Labute approximate surface area is 186 Å². The number of benzene rings is 1. The number of methoxy groups -OCH3 is 1. The second-order valence-corrected chi connectivity index (χ2v) is 9.01. The number of aromatic nitrogens is 3. The van der Waals surface area contributed by atoms with E-state index in [9.17, 15) is 9.59 Å². The Bertz CT molecular complexity index is 1040. The predicted octanol–water partition coefficient (Wildman–Crippen LogP) is 1.48. The molecule has 1 spiro atoms. The lowest BCUT2D eigenvalue weighted by Gasteiger charge is -2.42. The fraction of sp³-hybridized carbons (Fsp3) is 0.609. The molecule has 0 saturated carbocycles. The van der Waals surface area contributed by atoms with Crippen molar-refractivity contribution < 1.29 is 19.0 Å². The standard InChI is InChI=1S/C23H30N4O5/c1-30-15-14-27-22(29)26-13-10-23(7-6-20(26)24-27)8-11-25(12-9-23)21(28)19-16-31-17-4-2-3-5-18(17)32-19/h2-5,19H,6-16H2,1H3. The molecule has 0 bridgehead atoms. The molecule has 0 radical (unpaired) electrons. The molecule has 1 saturated heterocycles. The molecule has 172 valence electrons. The maximum absolute atomic E-state index is 13.1. The van der Waals surface area contributed by atoms with Crippen LogP contribution in [0.1, 0.15) is 31.5 Å². The number of carbonyl (C=O) groups excluding carboxylic acids is 1. The number of likely N-dealkylation sites (tertiary alicyclic amines) is 1. The molecule has 2 aromatic rings. The van der Waals surface area contributed by atoms with Crippen LogP contribution < -0.4 is 15.2 Å². The van der Waals surface area contributed by atoms with E-state index in [1.807, 2.05) is 33.7 Å². The van der Waals surface area contributed by atoms with E-state index in [4.69, 9.17) is 14.2 Å². The number of fused-ring (bicyclic) bond motifs is 2. The van der Waals surface area contributed by atoms with Gasteiger partial charge in [-0.3, -0.25) is 9.36 Å². The molecule has 0 aliphatic carbocycles. The van der Waals surface area contributed by atoms with E-state index in [0.29, 0.717) is 44.3 Å². The number of amides is 1. The summed E-state index contributed by atoms with van der Waals surface area (Å²) in [6, 6.07) is 7.45. The highest BCUT2D eigenvalue weighted by molar-refractivity contribution is 5.82. The third-order valence-corrected chi connectivity index (χ3v) is 7.17. The molecule has 1 fully saturated rings. The molecule has 0 N–H and O–H groups in total. The predicted molar refractivity (Wildman–Crippen MR) is 116 cm³/mol. The first kappa shape index (κ1) is 21.1. The van der Waals surface area contributed by atoms with Gasteiger partial charge in [-0.05, 0) is 43.2 Å². The summed E-state index contributed by atoms with van der Waals surface area (Å²) in [6.45, 7) is 3.31. The largest absolute Gasteiger partial charge is 0.485 e. The number of carbonyl (C=O) groups is 1. The number of aryl methyl sites for hydroxylation is 1. The number of rotatable bonds is 4. The molecular formula is C23H30N4O5. The summed E-state index contributed by atoms with van der Waals surface area (Å²) in [5.41, 5.74) is 0.106. The molecule has 1 aromatic heterocycles. The summed E-state index contributed by atoms with van der Waals surface area (Å²) >= 11 is 0. The van der Waals surface area contributed by atoms with E-state index in [2.05, 4.69) is 5.10 Å². The minimum Gasteiger partial charge on any atom is -0.485 e. The van der Waals surface area contributed by atoms with E-state index in [-0.39, 0.29) is 23.6 Å². The number of hydrogen-bond donors (Lipinski definition) is 0. The summed E-state index contributed by atoms with van der Waals surface area (Å²) < 4.78 is 20.1. The van der Waals surface area contributed by atoms with E-state index in [0.717, 1.165) is 37.9 Å². The van der Waals surface area contributed by atoms with Crippen LogP contribution in [0.2, 0.25) is 0 Å². The molecule has 3 aliphatic rings. The van der Waals surface area contributed by atoms with Crippen molar-refractivity contribution in [3.63, 3.8) is 0 Å². The van der Waals surface area contributed by atoms with Crippen LogP contribution in [0.3, 0.4) is 0 Å². The van der Waals surface area contributed by atoms with E-state index in [1.54, 1.807) is 7.11 Å². The normalized spacial score (nSPS) is 21.8. The van der Waals surface area contributed by atoms with Gasteiger partial charge >= 0.3 is 5.69 Å². The van der Waals surface area contributed by atoms with Gasteiger partial charge < -0.3 is 19.1 Å². The van der Waals surface area contributed by atoms with Crippen LogP contribution in [-0.4, -0.2) is 64.7 Å². The van der Waals surface area contributed by atoms with Gasteiger partial charge in [0.05, 0.1) is 13.2 Å². The van der Waals surface area contributed by atoms with Crippen LogP contribution in [0.5, 0.6) is 11.5 Å². The number of nitrogens with zero attached hydrogens (tertiary/aromatic N) is 4. The van der Waals surface area contributed by atoms with Crippen LogP contribution in [0, 0.1) is 5.41 Å². The molecule has 1 aromatic carbocycles. The number of ether oxygens (including phenoxy) is 3. The van der Waals surface area contributed by atoms with Gasteiger partial charge in [0.25, 0.3) is 5.91 Å². The lowest BCUT2D eigenvalue weighted by atomic mass is 9.72. The average molecular weight is 443 g/mol. The van der Waals surface area contributed by atoms with Gasteiger partial charge in [-0.1, -0.05) is 12.1 Å². The van der Waals surface area contributed by atoms with Crippen molar-refractivity contribution in [2.75, 3.05) is 33.4 Å².